The lowest BCUT2D eigenvalue weighted by molar-refractivity contribution is 0.696. The molecule has 0 radical (unpaired) electrons. The molecule has 0 amide bonds. The van der Waals surface area contributed by atoms with Crippen LogP contribution in [-0.2, 0) is 19.4 Å². The Kier molecular flexibility index (Phi) is 4.57. The van der Waals surface area contributed by atoms with Crippen LogP contribution in [0.1, 0.15) is 55.5 Å². The summed E-state index contributed by atoms with van der Waals surface area (Å²) in [5, 5.41) is 4.22. The van der Waals surface area contributed by atoms with Crippen molar-refractivity contribution in [1.82, 2.24) is 9.55 Å². The number of anilines is 2. The lowest BCUT2D eigenvalue weighted by atomic mass is 9.97. The standard InChI is InChI=1S/C21H25N3OS/c1-4-24-20(25)18-16-7-5-6-8-17(16)26-19(18)23-21(24)22-15-11-9-14(10-12-15)13(2)3/h9-13H,4-8H2,1-3H3,(H,22,23). The number of thiophene rings is 1. The van der Waals surface area contributed by atoms with E-state index in [9.17, 15) is 4.79 Å². The molecule has 1 N–H and O–H groups in total. The average molecular weight is 368 g/mol. The third-order valence-electron chi connectivity index (χ3n) is 5.22. The molecule has 0 unspecified atom stereocenters. The van der Waals surface area contributed by atoms with E-state index < -0.39 is 0 Å². The highest BCUT2D eigenvalue weighted by molar-refractivity contribution is 7.18. The molecule has 1 aliphatic rings. The number of hydrogen-bond donors (Lipinski definition) is 1. The highest BCUT2D eigenvalue weighted by atomic mass is 32.1. The summed E-state index contributed by atoms with van der Waals surface area (Å²) in [7, 11) is 0. The Balaban J connectivity index is 1.78. The van der Waals surface area contributed by atoms with Gasteiger partial charge < -0.3 is 5.32 Å². The predicted octanol–water partition coefficient (Wildman–Crippen LogP) is 5.22. The number of aryl methyl sites for hydroxylation is 2. The normalized spacial score (nSPS) is 14.0. The molecule has 0 fully saturated rings. The van der Waals surface area contributed by atoms with Crippen LogP contribution < -0.4 is 10.9 Å². The van der Waals surface area contributed by atoms with Crippen LogP contribution in [-0.4, -0.2) is 9.55 Å². The van der Waals surface area contributed by atoms with Crippen molar-refractivity contribution in [2.45, 2.75) is 58.9 Å². The van der Waals surface area contributed by atoms with Crippen molar-refractivity contribution in [3.63, 3.8) is 0 Å². The smallest absolute Gasteiger partial charge is 0.263 e. The van der Waals surface area contributed by atoms with Crippen LogP contribution in [0.3, 0.4) is 0 Å². The van der Waals surface area contributed by atoms with Crippen LogP contribution in [0.25, 0.3) is 10.2 Å². The first-order chi connectivity index (χ1) is 12.6. The molecule has 0 saturated heterocycles. The Morgan fingerprint density at radius 3 is 2.62 bits per heavy atom. The zero-order chi connectivity index (χ0) is 18.3. The number of benzene rings is 1. The third kappa shape index (κ3) is 2.94. The minimum atomic E-state index is 0.0956. The lowest BCUT2D eigenvalue weighted by Crippen LogP contribution is -2.23. The summed E-state index contributed by atoms with van der Waals surface area (Å²) >= 11 is 1.70. The van der Waals surface area contributed by atoms with Crippen molar-refractivity contribution >= 4 is 33.2 Å². The van der Waals surface area contributed by atoms with E-state index in [1.54, 1.807) is 15.9 Å². The average Bonchev–Trinajstić information content (AvgIpc) is 3.01. The van der Waals surface area contributed by atoms with Gasteiger partial charge in [-0.25, -0.2) is 4.98 Å². The monoisotopic (exact) mass is 367 g/mol. The minimum absolute atomic E-state index is 0.0956. The van der Waals surface area contributed by atoms with E-state index in [0.29, 0.717) is 18.4 Å². The van der Waals surface area contributed by atoms with Gasteiger partial charge in [-0.3, -0.25) is 9.36 Å². The molecule has 2 heterocycles. The largest absolute Gasteiger partial charge is 0.325 e. The van der Waals surface area contributed by atoms with Crippen molar-refractivity contribution in [3.8, 4) is 0 Å². The fourth-order valence-electron chi connectivity index (χ4n) is 3.71. The highest BCUT2D eigenvalue weighted by Crippen LogP contribution is 2.34. The van der Waals surface area contributed by atoms with Gasteiger partial charge in [0.05, 0.1) is 5.39 Å². The first kappa shape index (κ1) is 17.3. The quantitative estimate of drug-likeness (QED) is 0.687. The maximum Gasteiger partial charge on any atom is 0.263 e. The van der Waals surface area contributed by atoms with E-state index in [4.69, 9.17) is 4.98 Å². The van der Waals surface area contributed by atoms with Gasteiger partial charge in [0.15, 0.2) is 0 Å². The molecule has 0 aliphatic heterocycles. The molecule has 0 spiro atoms. The second-order valence-electron chi connectivity index (χ2n) is 7.28. The van der Waals surface area contributed by atoms with Gasteiger partial charge in [0.25, 0.3) is 5.56 Å². The SMILES string of the molecule is CCn1c(Nc2ccc(C(C)C)cc2)nc2sc3c(c2c1=O)CCCC3. The number of fused-ring (bicyclic) bond motifs is 3. The van der Waals surface area contributed by atoms with Gasteiger partial charge in [-0.05, 0) is 61.8 Å². The Morgan fingerprint density at radius 2 is 1.92 bits per heavy atom. The Bertz CT molecular complexity index is 999. The van der Waals surface area contributed by atoms with Gasteiger partial charge in [-0.2, -0.15) is 0 Å². The van der Waals surface area contributed by atoms with Crippen LogP contribution in [0, 0.1) is 0 Å². The summed E-state index contributed by atoms with van der Waals surface area (Å²) in [5.41, 5.74) is 3.61. The Hall–Kier alpha value is -2.14. The topological polar surface area (TPSA) is 46.9 Å². The predicted molar refractivity (Wildman–Crippen MR) is 110 cm³/mol. The maximum atomic E-state index is 13.1. The second kappa shape index (κ2) is 6.88. The molecule has 2 aromatic heterocycles. The van der Waals surface area contributed by atoms with E-state index in [2.05, 4.69) is 43.4 Å². The molecular formula is C21H25N3OS. The van der Waals surface area contributed by atoms with Crippen LogP contribution in [0.4, 0.5) is 11.6 Å². The van der Waals surface area contributed by atoms with Crippen molar-refractivity contribution in [2.75, 3.05) is 5.32 Å². The first-order valence-corrected chi connectivity index (χ1v) is 10.3. The van der Waals surface area contributed by atoms with Gasteiger partial charge in [-0.1, -0.05) is 26.0 Å². The van der Waals surface area contributed by atoms with Crippen LogP contribution in [0.2, 0.25) is 0 Å². The number of hydrogen-bond acceptors (Lipinski definition) is 4. The first-order valence-electron chi connectivity index (χ1n) is 9.50. The molecule has 26 heavy (non-hydrogen) atoms. The fraction of sp³-hybridized carbons (Fsp3) is 0.429. The number of aromatic nitrogens is 2. The molecule has 0 bridgehead atoms. The molecule has 1 aromatic carbocycles. The summed E-state index contributed by atoms with van der Waals surface area (Å²) in [6.07, 6.45) is 4.49. The van der Waals surface area contributed by atoms with Gasteiger partial charge in [0, 0.05) is 17.1 Å². The summed E-state index contributed by atoms with van der Waals surface area (Å²) in [4.78, 5) is 20.2. The van der Waals surface area contributed by atoms with Gasteiger partial charge in [-0.15, -0.1) is 11.3 Å². The molecule has 5 heteroatoms. The van der Waals surface area contributed by atoms with E-state index in [1.165, 1.54) is 28.8 Å². The second-order valence-corrected chi connectivity index (χ2v) is 8.36. The maximum absolute atomic E-state index is 13.1. The van der Waals surface area contributed by atoms with E-state index in [1.807, 2.05) is 6.92 Å². The number of rotatable bonds is 4. The fourth-order valence-corrected chi connectivity index (χ4v) is 4.96. The van der Waals surface area contributed by atoms with Crippen LogP contribution in [0.5, 0.6) is 0 Å². The summed E-state index contributed by atoms with van der Waals surface area (Å²) in [5.74, 6) is 1.14. The summed E-state index contributed by atoms with van der Waals surface area (Å²) < 4.78 is 1.76. The summed E-state index contributed by atoms with van der Waals surface area (Å²) in [6.45, 7) is 6.98. The summed E-state index contributed by atoms with van der Waals surface area (Å²) in [6, 6.07) is 8.38. The Labute approximate surface area is 157 Å². The molecule has 3 aromatic rings. The lowest BCUT2D eigenvalue weighted by Gasteiger charge is -2.14. The molecular weight excluding hydrogens is 342 g/mol. The third-order valence-corrected chi connectivity index (χ3v) is 6.41. The van der Waals surface area contributed by atoms with Crippen molar-refractivity contribution in [3.05, 3.63) is 50.6 Å². The van der Waals surface area contributed by atoms with E-state index in [0.717, 1.165) is 28.7 Å². The number of nitrogens with one attached hydrogen (secondary N) is 1. The molecule has 4 rings (SSSR count). The molecule has 0 saturated carbocycles. The zero-order valence-electron chi connectivity index (χ0n) is 15.6. The van der Waals surface area contributed by atoms with Gasteiger partial charge in [0.2, 0.25) is 5.95 Å². The van der Waals surface area contributed by atoms with Crippen LogP contribution >= 0.6 is 11.3 Å². The zero-order valence-corrected chi connectivity index (χ0v) is 16.4. The van der Waals surface area contributed by atoms with E-state index in [-0.39, 0.29) is 5.56 Å². The van der Waals surface area contributed by atoms with Crippen molar-refractivity contribution < 1.29 is 0 Å². The molecule has 4 nitrogen and oxygen atoms in total. The number of nitrogens with zero attached hydrogens (tertiary/aromatic N) is 2. The molecule has 1 aliphatic carbocycles. The van der Waals surface area contributed by atoms with Crippen LogP contribution in [0.15, 0.2) is 29.1 Å². The van der Waals surface area contributed by atoms with E-state index >= 15 is 0 Å². The molecule has 0 atom stereocenters. The van der Waals surface area contributed by atoms with Crippen molar-refractivity contribution in [2.24, 2.45) is 0 Å². The Morgan fingerprint density at radius 1 is 1.19 bits per heavy atom. The highest BCUT2D eigenvalue weighted by Gasteiger charge is 2.21. The van der Waals surface area contributed by atoms with Gasteiger partial charge in [0.1, 0.15) is 4.83 Å². The van der Waals surface area contributed by atoms with Crippen molar-refractivity contribution in [1.29, 1.82) is 0 Å². The minimum Gasteiger partial charge on any atom is -0.325 e. The van der Waals surface area contributed by atoms with Gasteiger partial charge >= 0.3 is 0 Å². The molecule has 136 valence electrons.